The zero-order chi connectivity index (χ0) is 30.9. The van der Waals surface area contributed by atoms with Crippen LogP contribution in [0.5, 0.6) is 0 Å². The van der Waals surface area contributed by atoms with E-state index in [1.807, 2.05) is 12.1 Å². The second-order valence-electron chi connectivity index (χ2n) is 12.2. The summed E-state index contributed by atoms with van der Waals surface area (Å²) in [5.74, 6) is -2.85. The molecule has 43 heavy (non-hydrogen) atoms. The molecular weight excluding hydrogens is 544 g/mol. The van der Waals surface area contributed by atoms with E-state index in [-0.39, 0.29) is 36.4 Å². The van der Waals surface area contributed by atoms with E-state index in [9.17, 15) is 24.3 Å². The van der Waals surface area contributed by atoms with Gasteiger partial charge in [0.2, 0.25) is 5.91 Å². The fourth-order valence-electron chi connectivity index (χ4n) is 6.09. The van der Waals surface area contributed by atoms with Crippen LogP contribution < -0.4 is 4.90 Å². The predicted octanol–water partition coefficient (Wildman–Crippen LogP) is 6.56. The minimum Gasteiger partial charge on any atom is -0.481 e. The molecule has 1 heterocycles. The molecule has 222 valence electrons. The number of carbonyl (C=O) groups is 4. The third-order valence-corrected chi connectivity index (χ3v) is 8.35. The maximum atomic E-state index is 14.2. The van der Waals surface area contributed by atoms with E-state index in [1.54, 1.807) is 41.3 Å². The van der Waals surface area contributed by atoms with Gasteiger partial charge in [-0.3, -0.25) is 19.4 Å². The summed E-state index contributed by atoms with van der Waals surface area (Å²) < 4.78 is 4.85. The highest BCUT2D eigenvalue weighted by Gasteiger charge is 2.46. The Morgan fingerprint density at radius 1 is 0.907 bits per heavy atom. The van der Waals surface area contributed by atoms with Crippen molar-refractivity contribution in [2.24, 2.45) is 10.9 Å². The lowest BCUT2D eigenvalue weighted by molar-refractivity contribution is -0.138. The van der Waals surface area contributed by atoms with Crippen LogP contribution in [-0.2, 0) is 24.5 Å². The summed E-state index contributed by atoms with van der Waals surface area (Å²) in [7, 11) is 1.30. The van der Waals surface area contributed by atoms with E-state index < -0.39 is 29.8 Å². The number of rotatable bonds is 6. The SMILES string of the molecule is COC(=O)c1ccc(C2C3C(=O)CC(c4ccc(C(C)(C)C)cc4)CC3=Nc3ccccc3N2C(=O)CCC(=O)O)cc1. The van der Waals surface area contributed by atoms with Crippen LogP contribution in [0.4, 0.5) is 11.4 Å². The van der Waals surface area contributed by atoms with Crippen LogP contribution >= 0.6 is 0 Å². The highest BCUT2D eigenvalue weighted by atomic mass is 16.5. The Morgan fingerprint density at radius 3 is 2.19 bits per heavy atom. The topological polar surface area (TPSA) is 113 Å². The number of anilines is 1. The molecule has 2 aliphatic rings. The number of hydrogen-bond donors (Lipinski definition) is 1. The second-order valence-corrected chi connectivity index (χ2v) is 12.2. The Kier molecular flexibility index (Phi) is 8.31. The first kappa shape index (κ1) is 29.9. The van der Waals surface area contributed by atoms with Crippen molar-refractivity contribution in [2.45, 2.75) is 63.8 Å². The molecule has 1 aliphatic heterocycles. The third kappa shape index (κ3) is 6.14. The summed E-state index contributed by atoms with van der Waals surface area (Å²) in [5, 5.41) is 9.34. The summed E-state index contributed by atoms with van der Waals surface area (Å²) in [6.07, 6.45) is 0.236. The first-order chi connectivity index (χ1) is 20.5. The molecule has 8 heteroatoms. The van der Waals surface area contributed by atoms with Gasteiger partial charge in [-0.25, -0.2) is 4.79 Å². The first-order valence-corrected chi connectivity index (χ1v) is 14.5. The fraction of sp³-hybridized carbons (Fsp3) is 0.343. The van der Waals surface area contributed by atoms with Crippen molar-refractivity contribution in [3.05, 3.63) is 95.1 Å². The number of aliphatic imine (C=N–C) groups is 1. The lowest BCUT2D eigenvalue weighted by atomic mass is 9.71. The average Bonchev–Trinajstić information content (AvgIpc) is 3.14. The zero-order valence-electron chi connectivity index (χ0n) is 24.9. The van der Waals surface area contributed by atoms with Gasteiger partial charge in [-0.1, -0.05) is 69.3 Å². The molecule has 3 atom stereocenters. The number of benzene rings is 3. The number of aliphatic carboxylic acids is 1. The lowest BCUT2D eigenvalue weighted by Gasteiger charge is -2.39. The van der Waals surface area contributed by atoms with Crippen molar-refractivity contribution in [3.63, 3.8) is 0 Å². The number of methoxy groups -OCH3 is 1. The summed E-state index contributed by atoms with van der Waals surface area (Å²) in [6.45, 7) is 6.49. The Hall–Kier alpha value is -4.59. The normalized spacial score (nSPS) is 19.9. The number of ether oxygens (including phenoxy) is 1. The van der Waals surface area contributed by atoms with Crippen LogP contribution in [0.3, 0.4) is 0 Å². The zero-order valence-corrected chi connectivity index (χ0v) is 24.9. The largest absolute Gasteiger partial charge is 0.481 e. The molecule has 0 aromatic heterocycles. The third-order valence-electron chi connectivity index (χ3n) is 8.35. The second kappa shape index (κ2) is 12.0. The van der Waals surface area contributed by atoms with E-state index in [1.165, 1.54) is 12.7 Å². The molecule has 1 amide bonds. The number of para-hydroxylation sites is 2. The van der Waals surface area contributed by atoms with Crippen molar-refractivity contribution >= 4 is 40.7 Å². The maximum absolute atomic E-state index is 14.2. The van der Waals surface area contributed by atoms with Gasteiger partial charge in [0.1, 0.15) is 5.78 Å². The number of carboxylic acids is 1. The lowest BCUT2D eigenvalue weighted by Crippen LogP contribution is -2.45. The van der Waals surface area contributed by atoms with Gasteiger partial charge in [0, 0.05) is 18.6 Å². The molecular formula is C35H36N2O6. The van der Waals surface area contributed by atoms with Gasteiger partial charge >= 0.3 is 11.9 Å². The van der Waals surface area contributed by atoms with E-state index in [2.05, 4.69) is 45.0 Å². The quantitative estimate of drug-likeness (QED) is 0.331. The fourth-order valence-corrected chi connectivity index (χ4v) is 6.09. The van der Waals surface area contributed by atoms with Gasteiger partial charge in [-0.2, -0.15) is 0 Å². The van der Waals surface area contributed by atoms with Gasteiger partial charge in [0.15, 0.2) is 0 Å². The molecule has 0 radical (unpaired) electrons. The Labute approximate surface area is 251 Å². The average molecular weight is 581 g/mol. The van der Waals surface area contributed by atoms with Crippen molar-refractivity contribution in [3.8, 4) is 0 Å². The number of fused-ring (bicyclic) bond motifs is 2. The van der Waals surface area contributed by atoms with Crippen LogP contribution in [0, 0.1) is 5.92 Å². The first-order valence-electron chi connectivity index (χ1n) is 14.5. The van der Waals surface area contributed by atoms with E-state index in [0.717, 1.165) is 5.56 Å². The number of ketones is 1. The highest BCUT2D eigenvalue weighted by molar-refractivity contribution is 6.13. The number of esters is 1. The highest BCUT2D eigenvalue weighted by Crippen LogP contribution is 2.47. The van der Waals surface area contributed by atoms with Crippen LogP contribution in [0.2, 0.25) is 0 Å². The standard InChI is InChI=1S/C35H36N2O6/c1-35(2,3)25-15-13-21(14-16-25)24-19-27-32(29(38)20-24)33(22-9-11-23(12-10-22)34(42)43-4)37(30(39)17-18-31(40)41)28-8-6-5-7-26(28)36-27/h5-16,24,32-33H,17-20H2,1-4H3,(H,40,41). The minimum atomic E-state index is -1.08. The van der Waals surface area contributed by atoms with Crippen molar-refractivity contribution in [1.29, 1.82) is 0 Å². The van der Waals surface area contributed by atoms with Gasteiger partial charge in [-0.05, 0) is 58.7 Å². The van der Waals surface area contributed by atoms with Gasteiger partial charge in [0.05, 0.1) is 42.4 Å². The summed E-state index contributed by atoms with van der Waals surface area (Å²) in [4.78, 5) is 58.2. The van der Waals surface area contributed by atoms with Gasteiger partial charge < -0.3 is 14.7 Å². The maximum Gasteiger partial charge on any atom is 0.337 e. The van der Waals surface area contributed by atoms with Crippen molar-refractivity contribution in [2.75, 3.05) is 12.0 Å². The monoisotopic (exact) mass is 580 g/mol. The summed E-state index contributed by atoms with van der Waals surface area (Å²) in [5.41, 5.74) is 5.02. The molecule has 3 unspecified atom stereocenters. The number of carbonyl (C=O) groups excluding carboxylic acids is 3. The van der Waals surface area contributed by atoms with Crippen LogP contribution in [0.15, 0.2) is 77.8 Å². The molecule has 0 saturated heterocycles. The van der Waals surface area contributed by atoms with Gasteiger partial charge in [0.25, 0.3) is 0 Å². The number of amides is 1. The smallest absolute Gasteiger partial charge is 0.337 e. The number of carboxylic acid groups (broad SMARTS) is 1. The summed E-state index contributed by atoms with van der Waals surface area (Å²) in [6, 6.07) is 21.5. The van der Waals surface area contributed by atoms with Crippen LogP contribution in [0.25, 0.3) is 0 Å². The molecule has 1 fully saturated rings. The van der Waals surface area contributed by atoms with Crippen molar-refractivity contribution in [1.82, 2.24) is 0 Å². The molecule has 1 aliphatic carbocycles. The minimum absolute atomic E-state index is 0.00830. The Bertz CT molecular complexity index is 1580. The molecule has 0 bridgehead atoms. The molecule has 3 aromatic carbocycles. The van der Waals surface area contributed by atoms with Crippen molar-refractivity contribution < 1.29 is 29.0 Å². The van der Waals surface area contributed by atoms with E-state index in [0.29, 0.717) is 34.6 Å². The van der Waals surface area contributed by atoms with Crippen LogP contribution in [0.1, 0.15) is 85.5 Å². The summed E-state index contributed by atoms with van der Waals surface area (Å²) >= 11 is 0. The number of nitrogens with zero attached hydrogens (tertiary/aromatic N) is 2. The van der Waals surface area contributed by atoms with Crippen LogP contribution in [-0.4, -0.2) is 41.6 Å². The number of hydrogen-bond acceptors (Lipinski definition) is 6. The molecule has 1 N–H and O–H groups in total. The molecule has 1 saturated carbocycles. The van der Waals surface area contributed by atoms with Gasteiger partial charge in [-0.15, -0.1) is 0 Å². The molecule has 8 nitrogen and oxygen atoms in total. The molecule has 5 rings (SSSR count). The van der Waals surface area contributed by atoms with E-state index >= 15 is 0 Å². The molecule has 3 aromatic rings. The predicted molar refractivity (Wildman–Crippen MR) is 164 cm³/mol. The number of Topliss-reactive ketones (excluding diaryl/α,β-unsaturated/α-hetero) is 1. The Morgan fingerprint density at radius 2 is 1.56 bits per heavy atom. The Balaban J connectivity index is 1.61. The van der Waals surface area contributed by atoms with E-state index in [4.69, 9.17) is 9.73 Å². The molecule has 0 spiro atoms.